The Morgan fingerprint density at radius 3 is 2.54 bits per heavy atom. The number of para-hydroxylation sites is 1. The van der Waals surface area contributed by atoms with Gasteiger partial charge in [0.25, 0.3) is 0 Å². The molecule has 2 aromatic rings. The monoisotopic (exact) mass is 353 g/mol. The maximum Gasteiger partial charge on any atom is 0.224 e. The topological polar surface area (TPSA) is 55.8 Å². The highest BCUT2D eigenvalue weighted by Crippen LogP contribution is 2.24. The number of phenols is 1. The van der Waals surface area contributed by atoms with Crippen LogP contribution in [-0.4, -0.2) is 49.1 Å². The Hall–Kier alpha value is -2.53. The van der Waals surface area contributed by atoms with Gasteiger partial charge in [-0.25, -0.2) is 0 Å². The Labute approximate surface area is 155 Å². The first-order chi connectivity index (χ1) is 12.5. The first kappa shape index (κ1) is 18.3. The summed E-state index contributed by atoms with van der Waals surface area (Å²) in [5, 5.41) is 12.8. The summed E-state index contributed by atoms with van der Waals surface area (Å²) in [6.07, 6.45) is 0.869. The number of hydrogen-bond acceptors (Lipinski definition) is 4. The van der Waals surface area contributed by atoms with E-state index in [9.17, 15) is 9.90 Å². The third kappa shape index (κ3) is 4.55. The summed E-state index contributed by atoms with van der Waals surface area (Å²) < 4.78 is 0. The second-order valence-corrected chi connectivity index (χ2v) is 6.97. The van der Waals surface area contributed by atoms with Crippen molar-refractivity contribution >= 4 is 17.3 Å². The number of piperazine rings is 1. The van der Waals surface area contributed by atoms with E-state index in [1.807, 2.05) is 25.1 Å². The number of nitrogens with one attached hydrogen (secondary N) is 1. The summed E-state index contributed by atoms with van der Waals surface area (Å²) in [6.45, 7) is 6.23. The molecule has 0 spiro atoms. The Bertz CT molecular complexity index is 768. The molecule has 0 atom stereocenters. The number of carbonyl (C=O) groups excluding carboxylic acids is 1. The van der Waals surface area contributed by atoms with E-state index in [1.165, 1.54) is 5.69 Å². The summed E-state index contributed by atoms with van der Waals surface area (Å²) in [4.78, 5) is 17.0. The second-order valence-electron chi connectivity index (χ2n) is 6.97. The molecule has 1 saturated heterocycles. The number of amides is 1. The number of aryl methyl sites for hydroxylation is 2. The zero-order valence-corrected chi connectivity index (χ0v) is 15.5. The fraction of sp³-hybridized carbons (Fsp3) is 0.381. The number of benzene rings is 2. The summed E-state index contributed by atoms with van der Waals surface area (Å²) in [5.41, 5.74) is 3.93. The number of nitrogens with zero attached hydrogens (tertiary/aromatic N) is 2. The number of likely N-dealkylation sites (N-methyl/N-ethyl adjacent to an activating group) is 1. The molecule has 0 unspecified atom stereocenters. The zero-order valence-electron chi connectivity index (χ0n) is 15.5. The summed E-state index contributed by atoms with van der Waals surface area (Å²) in [5.74, 6) is 0.205. The van der Waals surface area contributed by atoms with Crippen LogP contribution >= 0.6 is 0 Å². The molecule has 3 rings (SSSR count). The predicted octanol–water partition coefficient (Wildman–Crippen LogP) is 3.02. The van der Waals surface area contributed by atoms with Crippen molar-refractivity contribution in [3.05, 3.63) is 53.6 Å². The first-order valence-electron chi connectivity index (χ1n) is 9.14. The summed E-state index contributed by atoms with van der Waals surface area (Å²) >= 11 is 0. The van der Waals surface area contributed by atoms with Crippen molar-refractivity contribution in [1.82, 2.24) is 4.90 Å². The minimum Gasteiger partial charge on any atom is -0.508 e. The van der Waals surface area contributed by atoms with Crippen LogP contribution in [0.1, 0.15) is 17.5 Å². The Morgan fingerprint density at radius 1 is 1.12 bits per heavy atom. The molecule has 26 heavy (non-hydrogen) atoms. The third-order valence-corrected chi connectivity index (χ3v) is 4.97. The van der Waals surface area contributed by atoms with Gasteiger partial charge in [-0.3, -0.25) is 4.79 Å². The van der Waals surface area contributed by atoms with Gasteiger partial charge < -0.3 is 20.2 Å². The van der Waals surface area contributed by atoms with Gasteiger partial charge in [0, 0.05) is 44.0 Å². The molecule has 138 valence electrons. The number of anilines is 2. The molecule has 1 fully saturated rings. The number of carbonyl (C=O) groups is 1. The van der Waals surface area contributed by atoms with E-state index in [2.05, 4.69) is 34.3 Å². The zero-order chi connectivity index (χ0) is 18.5. The van der Waals surface area contributed by atoms with Crippen molar-refractivity contribution in [1.29, 1.82) is 0 Å². The summed E-state index contributed by atoms with van der Waals surface area (Å²) in [6, 6.07) is 13.4. The molecular weight excluding hydrogens is 326 g/mol. The molecular formula is C21H27N3O2. The second kappa shape index (κ2) is 8.23. The third-order valence-electron chi connectivity index (χ3n) is 4.97. The van der Waals surface area contributed by atoms with Crippen LogP contribution in [0.2, 0.25) is 0 Å². The van der Waals surface area contributed by atoms with Gasteiger partial charge in [0.05, 0.1) is 0 Å². The molecule has 1 heterocycles. The highest BCUT2D eigenvalue weighted by Gasteiger charge is 2.15. The lowest BCUT2D eigenvalue weighted by Gasteiger charge is -2.34. The number of rotatable bonds is 5. The lowest BCUT2D eigenvalue weighted by atomic mass is 10.1. The quantitative estimate of drug-likeness (QED) is 0.868. The highest BCUT2D eigenvalue weighted by molar-refractivity contribution is 5.92. The molecule has 0 aromatic heterocycles. The standard InChI is InChI=1S/C21H27N3O2/c1-16-15-18(24-13-11-23(2)12-14-24)8-9-19(16)22-21(26)10-7-17-5-3-4-6-20(17)25/h3-6,8-9,15,25H,7,10-14H2,1-2H3,(H,22,26). The van der Waals surface area contributed by atoms with Crippen LogP contribution in [0.3, 0.4) is 0 Å². The van der Waals surface area contributed by atoms with Crippen LogP contribution in [0.25, 0.3) is 0 Å². The number of aromatic hydroxyl groups is 1. The smallest absolute Gasteiger partial charge is 0.224 e. The van der Waals surface area contributed by atoms with Gasteiger partial charge in [-0.15, -0.1) is 0 Å². The SMILES string of the molecule is Cc1cc(N2CCN(C)CC2)ccc1NC(=O)CCc1ccccc1O. The minimum atomic E-state index is -0.0382. The van der Waals surface area contributed by atoms with Crippen LogP contribution in [0.15, 0.2) is 42.5 Å². The Balaban J connectivity index is 1.57. The molecule has 0 saturated carbocycles. The molecule has 1 aliphatic rings. The van der Waals surface area contributed by atoms with Crippen molar-refractivity contribution in [3.63, 3.8) is 0 Å². The number of hydrogen-bond donors (Lipinski definition) is 2. The molecule has 2 N–H and O–H groups in total. The fourth-order valence-electron chi connectivity index (χ4n) is 3.23. The lowest BCUT2D eigenvalue weighted by molar-refractivity contribution is -0.116. The molecule has 0 radical (unpaired) electrons. The summed E-state index contributed by atoms with van der Waals surface area (Å²) in [7, 11) is 2.15. The van der Waals surface area contributed by atoms with Gasteiger partial charge in [-0.2, -0.15) is 0 Å². The van der Waals surface area contributed by atoms with Crippen LogP contribution < -0.4 is 10.2 Å². The molecule has 0 aliphatic carbocycles. The van der Waals surface area contributed by atoms with Crippen LogP contribution in [0.5, 0.6) is 5.75 Å². The maximum absolute atomic E-state index is 12.3. The van der Waals surface area contributed by atoms with E-state index in [-0.39, 0.29) is 11.7 Å². The van der Waals surface area contributed by atoms with Crippen LogP contribution in [0.4, 0.5) is 11.4 Å². The van der Waals surface area contributed by atoms with Crippen molar-refractivity contribution in [2.75, 3.05) is 43.4 Å². The normalized spacial score (nSPS) is 15.1. The van der Waals surface area contributed by atoms with Gasteiger partial charge >= 0.3 is 0 Å². The average molecular weight is 353 g/mol. The van der Waals surface area contributed by atoms with Gasteiger partial charge in [0.1, 0.15) is 5.75 Å². The number of phenolic OH excluding ortho intramolecular Hbond substituents is 1. The largest absolute Gasteiger partial charge is 0.508 e. The first-order valence-corrected chi connectivity index (χ1v) is 9.14. The maximum atomic E-state index is 12.3. The highest BCUT2D eigenvalue weighted by atomic mass is 16.3. The molecule has 5 heteroatoms. The average Bonchev–Trinajstić information content (AvgIpc) is 2.63. The van der Waals surface area contributed by atoms with E-state index in [4.69, 9.17) is 0 Å². The molecule has 2 aromatic carbocycles. The molecule has 0 bridgehead atoms. The van der Waals surface area contributed by atoms with Crippen molar-refractivity contribution in [2.45, 2.75) is 19.8 Å². The van der Waals surface area contributed by atoms with E-state index >= 15 is 0 Å². The van der Waals surface area contributed by atoms with Crippen LogP contribution in [-0.2, 0) is 11.2 Å². The van der Waals surface area contributed by atoms with Gasteiger partial charge in [0.2, 0.25) is 5.91 Å². The van der Waals surface area contributed by atoms with Crippen molar-refractivity contribution in [3.8, 4) is 5.75 Å². The van der Waals surface area contributed by atoms with Gasteiger partial charge in [-0.05, 0) is 55.8 Å². The molecule has 5 nitrogen and oxygen atoms in total. The van der Waals surface area contributed by atoms with Gasteiger partial charge in [-0.1, -0.05) is 18.2 Å². The Morgan fingerprint density at radius 2 is 1.85 bits per heavy atom. The molecule has 1 amide bonds. The van der Waals surface area contributed by atoms with E-state index in [0.29, 0.717) is 12.8 Å². The predicted molar refractivity (Wildman–Crippen MR) is 106 cm³/mol. The van der Waals surface area contributed by atoms with Crippen LogP contribution in [0, 0.1) is 6.92 Å². The van der Waals surface area contributed by atoms with Gasteiger partial charge in [0.15, 0.2) is 0 Å². The fourth-order valence-corrected chi connectivity index (χ4v) is 3.23. The van der Waals surface area contributed by atoms with E-state index in [0.717, 1.165) is 43.0 Å². The molecule has 1 aliphatic heterocycles. The van der Waals surface area contributed by atoms with E-state index in [1.54, 1.807) is 12.1 Å². The Kier molecular flexibility index (Phi) is 5.78. The van der Waals surface area contributed by atoms with Crippen molar-refractivity contribution < 1.29 is 9.90 Å². The van der Waals surface area contributed by atoms with E-state index < -0.39 is 0 Å². The van der Waals surface area contributed by atoms with Crippen molar-refractivity contribution in [2.24, 2.45) is 0 Å². The lowest BCUT2D eigenvalue weighted by Crippen LogP contribution is -2.44. The minimum absolute atomic E-state index is 0.0382.